The summed E-state index contributed by atoms with van der Waals surface area (Å²) in [6.07, 6.45) is 9.39. The maximum absolute atomic E-state index is 3.80. The van der Waals surface area contributed by atoms with E-state index >= 15 is 0 Å². The number of aryl methyl sites for hydroxylation is 1. The van der Waals surface area contributed by atoms with Crippen LogP contribution in [0.1, 0.15) is 51.0 Å². The molecule has 1 nitrogen and oxygen atoms in total. The van der Waals surface area contributed by atoms with Gasteiger partial charge >= 0.3 is 0 Å². The van der Waals surface area contributed by atoms with E-state index in [1.54, 1.807) is 0 Å². The van der Waals surface area contributed by atoms with Crippen LogP contribution in [0.4, 0.5) is 0 Å². The number of nitrogens with one attached hydrogen (secondary N) is 1. The van der Waals surface area contributed by atoms with Crippen LogP contribution in [0.2, 0.25) is 0 Å². The number of thioether (sulfide) groups is 1. The van der Waals surface area contributed by atoms with Crippen LogP contribution >= 0.6 is 11.8 Å². The standard InChI is InChI=1S/C19H31NS/c1-2-13-20-19(16-18-11-14-21-15-12-18)10-6-9-17-7-4-3-5-8-17/h3-5,7-8,18-20H,2,6,9-16H2,1H3. The van der Waals surface area contributed by atoms with E-state index in [1.165, 1.54) is 68.6 Å². The fourth-order valence-corrected chi connectivity index (χ4v) is 4.44. The summed E-state index contributed by atoms with van der Waals surface area (Å²) in [7, 11) is 0. The molecule has 21 heavy (non-hydrogen) atoms. The second-order valence-corrected chi connectivity index (χ2v) is 7.55. The van der Waals surface area contributed by atoms with Crippen LogP contribution in [0.3, 0.4) is 0 Å². The largest absolute Gasteiger partial charge is 0.314 e. The van der Waals surface area contributed by atoms with Gasteiger partial charge in [-0.05, 0) is 74.5 Å². The van der Waals surface area contributed by atoms with E-state index < -0.39 is 0 Å². The Hall–Kier alpha value is -0.470. The average Bonchev–Trinajstić information content (AvgIpc) is 2.54. The van der Waals surface area contributed by atoms with E-state index in [9.17, 15) is 0 Å². The topological polar surface area (TPSA) is 12.0 Å². The highest BCUT2D eigenvalue weighted by atomic mass is 32.2. The summed E-state index contributed by atoms with van der Waals surface area (Å²) in [5.74, 6) is 3.74. The van der Waals surface area contributed by atoms with Gasteiger partial charge in [-0.15, -0.1) is 0 Å². The molecule has 0 aliphatic carbocycles. The van der Waals surface area contributed by atoms with Crippen LogP contribution in [0.15, 0.2) is 30.3 Å². The molecule has 1 aromatic carbocycles. The zero-order chi connectivity index (χ0) is 14.8. The van der Waals surface area contributed by atoms with E-state index in [0.717, 1.165) is 12.0 Å². The first-order valence-electron chi connectivity index (χ1n) is 8.73. The van der Waals surface area contributed by atoms with Crippen molar-refractivity contribution < 1.29 is 0 Å². The van der Waals surface area contributed by atoms with Gasteiger partial charge in [-0.1, -0.05) is 37.3 Å². The quantitative estimate of drug-likeness (QED) is 0.695. The molecule has 1 aliphatic heterocycles. The van der Waals surface area contributed by atoms with E-state index in [0.29, 0.717) is 0 Å². The lowest BCUT2D eigenvalue weighted by atomic mass is 9.91. The zero-order valence-electron chi connectivity index (χ0n) is 13.5. The number of hydrogen-bond acceptors (Lipinski definition) is 2. The van der Waals surface area contributed by atoms with Gasteiger partial charge in [0.05, 0.1) is 0 Å². The third-order valence-electron chi connectivity index (χ3n) is 4.50. The molecule has 1 unspecified atom stereocenters. The lowest BCUT2D eigenvalue weighted by molar-refractivity contribution is 0.346. The highest BCUT2D eigenvalue weighted by Gasteiger charge is 2.18. The van der Waals surface area contributed by atoms with Crippen molar-refractivity contribution in [1.29, 1.82) is 0 Å². The molecule has 0 amide bonds. The van der Waals surface area contributed by atoms with Gasteiger partial charge < -0.3 is 5.32 Å². The van der Waals surface area contributed by atoms with Gasteiger partial charge in [-0.3, -0.25) is 0 Å². The van der Waals surface area contributed by atoms with Crippen LogP contribution in [0.25, 0.3) is 0 Å². The third kappa shape index (κ3) is 6.88. The molecule has 1 aromatic rings. The molecule has 1 saturated heterocycles. The van der Waals surface area contributed by atoms with Gasteiger partial charge in [0, 0.05) is 6.04 Å². The molecule has 0 bridgehead atoms. The normalized spacial score (nSPS) is 17.8. The molecular weight excluding hydrogens is 274 g/mol. The van der Waals surface area contributed by atoms with Gasteiger partial charge in [-0.2, -0.15) is 11.8 Å². The first-order valence-corrected chi connectivity index (χ1v) is 9.89. The van der Waals surface area contributed by atoms with Crippen molar-refractivity contribution in [2.24, 2.45) is 5.92 Å². The van der Waals surface area contributed by atoms with Crippen LogP contribution in [-0.4, -0.2) is 24.1 Å². The Labute approximate surface area is 135 Å². The van der Waals surface area contributed by atoms with Crippen molar-refractivity contribution in [2.75, 3.05) is 18.1 Å². The van der Waals surface area contributed by atoms with Crippen molar-refractivity contribution >= 4 is 11.8 Å². The molecule has 118 valence electrons. The van der Waals surface area contributed by atoms with Crippen molar-refractivity contribution in [2.45, 2.75) is 57.9 Å². The summed E-state index contributed by atoms with van der Waals surface area (Å²) in [5.41, 5.74) is 1.49. The second-order valence-electron chi connectivity index (χ2n) is 6.32. The summed E-state index contributed by atoms with van der Waals surface area (Å²) in [5, 5.41) is 3.80. The van der Waals surface area contributed by atoms with Gasteiger partial charge in [0.15, 0.2) is 0 Å². The Morgan fingerprint density at radius 1 is 1.19 bits per heavy atom. The van der Waals surface area contributed by atoms with Crippen LogP contribution in [-0.2, 0) is 6.42 Å². The first kappa shape index (κ1) is 16.9. The van der Waals surface area contributed by atoms with Gasteiger partial charge in [-0.25, -0.2) is 0 Å². The maximum atomic E-state index is 3.80. The van der Waals surface area contributed by atoms with E-state index in [2.05, 4.69) is 54.3 Å². The fraction of sp³-hybridized carbons (Fsp3) is 0.684. The van der Waals surface area contributed by atoms with Crippen LogP contribution < -0.4 is 5.32 Å². The lowest BCUT2D eigenvalue weighted by Gasteiger charge is -2.27. The molecule has 0 radical (unpaired) electrons. The summed E-state index contributed by atoms with van der Waals surface area (Å²) >= 11 is 2.14. The van der Waals surface area contributed by atoms with Crippen molar-refractivity contribution in [1.82, 2.24) is 5.32 Å². The molecule has 2 rings (SSSR count). The Morgan fingerprint density at radius 2 is 1.95 bits per heavy atom. The van der Waals surface area contributed by atoms with Gasteiger partial charge in [0.25, 0.3) is 0 Å². The lowest BCUT2D eigenvalue weighted by Crippen LogP contribution is -2.32. The SMILES string of the molecule is CCCNC(CCCc1ccccc1)CC1CCSCC1. The van der Waals surface area contributed by atoms with Crippen molar-refractivity contribution in [3.05, 3.63) is 35.9 Å². The average molecular weight is 306 g/mol. The highest BCUT2D eigenvalue weighted by Crippen LogP contribution is 2.27. The fourth-order valence-electron chi connectivity index (χ4n) is 3.23. The van der Waals surface area contributed by atoms with Crippen LogP contribution in [0, 0.1) is 5.92 Å². The smallest absolute Gasteiger partial charge is 0.00698 e. The molecule has 0 aromatic heterocycles. The Balaban J connectivity index is 1.72. The highest BCUT2D eigenvalue weighted by molar-refractivity contribution is 7.99. The molecular formula is C19H31NS. The molecule has 1 aliphatic rings. The number of rotatable bonds is 9. The summed E-state index contributed by atoms with van der Waals surface area (Å²) < 4.78 is 0. The minimum atomic E-state index is 0.738. The molecule has 1 N–H and O–H groups in total. The van der Waals surface area contributed by atoms with E-state index in [4.69, 9.17) is 0 Å². The molecule has 0 saturated carbocycles. The third-order valence-corrected chi connectivity index (χ3v) is 5.55. The minimum absolute atomic E-state index is 0.738. The number of hydrogen-bond donors (Lipinski definition) is 1. The van der Waals surface area contributed by atoms with Gasteiger partial charge in [0.1, 0.15) is 0 Å². The number of benzene rings is 1. The minimum Gasteiger partial charge on any atom is -0.314 e. The van der Waals surface area contributed by atoms with E-state index in [1.807, 2.05) is 0 Å². The van der Waals surface area contributed by atoms with Crippen molar-refractivity contribution in [3.8, 4) is 0 Å². The zero-order valence-corrected chi connectivity index (χ0v) is 14.3. The first-order chi connectivity index (χ1) is 10.4. The summed E-state index contributed by atoms with van der Waals surface area (Å²) in [6.45, 7) is 3.45. The molecule has 0 spiro atoms. The Bertz CT molecular complexity index is 359. The molecule has 1 fully saturated rings. The Morgan fingerprint density at radius 3 is 2.67 bits per heavy atom. The Kier molecular flexibility index (Phi) is 8.28. The monoisotopic (exact) mass is 305 g/mol. The predicted molar refractivity (Wildman–Crippen MR) is 96.1 cm³/mol. The van der Waals surface area contributed by atoms with Gasteiger partial charge in [0.2, 0.25) is 0 Å². The molecule has 2 heteroatoms. The summed E-state index contributed by atoms with van der Waals surface area (Å²) in [6, 6.07) is 11.7. The maximum Gasteiger partial charge on any atom is 0.00698 e. The van der Waals surface area contributed by atoms with Crippen LogP contribution in [0.5, 0.6) is 0 Å². The predicted octanol–water partition coefficient (Wildman–Crippen LogP) is 4.91. The summed E-state index contributed by atoms with van der Waals surface area (Å²) in [4.78, 5) is 0. The molecule has 1 heterocycles. The second kappa shape index (κ2) is 10.3. The van der Waals surface area contributed by atoms with Crippen molar-refractivity contribution in [3.63, 3.8) is 0 Å². The van der Waals surface area contributed by atoms with E-state index in [-0.39, 0.29) is 0 Å². The molecule has 1 atom stereocenters.